The zero-order valence-electron chi connectivity index (χ0n) is 12.2. The highest BCUT2D eigenvalue weighted by Crippen LogP contribution is 2.16. The molecule has 0 bridgehead atoms. The monoisotopic (exact) mass is 343 g/mol. The minimum Gasteiger partial charge on any atom is -0.481 e. The number of benzene rings is 2. The molecule has 2 aromatic rings. The summed E-state index contributed by atoms with van der Waals surface area (Å²) in [4.78, 5) is 20.3. The summed E-state index contributed by atoms with van der Waals surface area (Å²) in [5.74, 6) is -5.02. The first-order valence-corrected chi connectivity index (χ1v) is 6.57. The lowest BCUT2D eigenvalue weighted by Gasteiger charge is -2.08. The number of aldehydes is 1. The molecular weight excluding hydrogens is 330 g/mol. The standard InChI is InChI=1S/C9H9F2NO2.C7H4F2O/c10-6-2-1-5(3-7(6)11)8(12)4-9(13)14;8-6-2-1-5(4-10)3-7(6)9/h1-3,8H,4,12H2,(H,13,14);1-4H. The van der Waals surface area contributed by atoms with E-state index < -0.39 is 35.3 Å². The molecule has 0 aromatic heterocycles. The topological polar surface area (TPSA) is 80.4 Å². The Hall–Kier alpha value is -2.74. The Morgan fingerprint density at radius 2 is 1.54 bits per heavy atom. The van der Waals surface area contributed by atoms with Crippen LogP contribution in [0.25, 0.3) is 0 Å². The van der Waals surface area contributed by atoms with Gasteiger partial charge in [-0.25, -0.2) is 17.6 Å². The van der Waals surface area contributed by atoms with E-state index in [9.17, 15) is 27.2 Å². The molecule has 1 unspecified atom stereocenters. The summed E-state index contributed by atoms with van der Waals surface area (Å²) in [6.45, 7) is 0. The molecule has 0 saturated carbocycles. The molecule has 0 aliphatic carbocycles. The third-order valence-electron chi connectivity index (χ3n) is 2.85. The minimum absolute atomic E-state index is 0.138. The summed E-state index contributed by atoms with van der Waals surface area (Å²) in [6, 6.07) is 5.26. The molecule has 128 valence electrons. The summed E-state index contributed by atoms with van der Waals surface area (Å²) in [5, 5.41) is 8.42. The molecule has 0 amide bonds. The molecule has 1 atom stereocenters. The number of carbonyl (C=O) groups excluding carboxylic acids is 1. The molecule has 2 aromatic carbocycles. The molecule has 0 spiro atoms. The van der Waals surface area contributed by atoms with Crippen LogP contribution in [0, 0.1) is 23.3 Å². The van der Waals surface area contributed by atoms with Gasteiger partial charge in [0.25, 0.3) is 0 Å². The molecule has 2 rings (SSSR count). The van der Waals surface area contributed by atoms with E-state index in [2.05, 4.69) is 0 Å². The van der Waals surface area contributed by atoms with Crippen molar-refractivity contribution in [1.82, 2.24) is 0 Å². The number of hydrogen-bond acceptors (Lipinski definition) is 3. The van der Waals surface area contributed by atoms with E-state index in [1.807, 2.05) is 0 Å². The lowest BCUT2D eigenvalue weighted by Crippen LogP contribution is -2.15. The molecule has 0 saturated heterocycles. The Bertz CT molecular complexity index is 737. The van der Waals surface area contributed by atoms with Gasteiger partial charge < -0.3 is 10.8 Å². The van der Waals surface area contributed by atoms with Crippen molar-refractivity contribution in [2.24, 2.45) is 5.73 Å². The first-order chi connectivity index (χ1) is 11.2. The van der Waals surface area contributed by atoms with Crippen molar-refractivity contribution < 1.29 is 32.3 Å². The Balaban J connectivity index is 0.000000254. The Labute approximate surface area is 134 Å². The number of halogens is 4. The summed E-state index contributed by atoms with van der Waals surface area (Å²) in [7, 11) is 0. The van der Waals surface area contributed by atoms with E-state index in [1.54, 1.807) is 0 Å². The highest BCUT2D eigenvalue weighted by Gasteiger charge is 2.12. The third kappa shape index (κ3) is 5.81. The number of nitrogens with two attached hydrogens (primary N) is 1. The molecule has 0 fully saturated rings. The van der Waals surface area contributed by atoms with Crippen LogP contribution >= 0.6 is 0 Å². The van der Waals surface area contributed by atoms with Crippen LogP contribution in [0.3, 0.4) is 0 Å². The van der Waals surface area contributed by atoms with E-state index in [0.29, 0.717) is 6.29 Å². The molecule has 8 heteroatoms. The Morgan fingerprint density at radius 3 is 2.00 bits per heavy atom. The van der Waals surface area contributed by atoms with Crippen molar-refractivity contribution in [3.05, 3.63) is 70.8 Å². The van der Waals surface area contributed by atoms with Crippen LogP contribution in [0.2, 0.25) is 0 Å². The van der Waals surface area contributed by atoms with Crippen LogP contribution in [-0.2, 0) is 4.79 Å². The van der Waals surface area contributed by atoms with E-state index in [4.69, 9.17) is 10.8 Å². The van der Waals surface area contributed by atoms with Gasteiger partial charge in [-0.1, -0.05) is 6.07 Å². The van der Waals surface area contributed by atoms with Crippen LogP contribution in [0.1, 0.15) is 28.4 Å². The second-order valence-corrected chi connectivity index (χ2v) is 4.67. The number of aliphatic carboxylic acids is 1. The first kappa shape index (κ1) is 19.3. The fraction of sp³-hybridized carbons (Fsp3) is 0.125. The summed E-state index contributed by atoms with van der Waals surface area (Å²) >= 11 is 0. The van der Waals surface area contributed by atoms with Crippen molar-refractivity contribution in [2.75, 3.05) is 0 Å². The average molecular weight is 343 g/mol. The van der Waals surface area contributed by atoms with Crippen molar-refractivity contribution in [3.8, 4) is 0 Å². The van der Waals surface area contributed by atoms with Crippen molar-refractivity contribution in [3.63, 3.8) is 0 Å². The highest BCUT2D eigenvalue weighted by molar-refractivity contribution is 5.74. The Kier molecular flexibility index (Phi) is 7.06. The van der Waals surface area contributed by atoms with E-state index in [-0.39, 0.29) is 17.5 Å². The molecule has 0 aliphatic heterocycles. The van der Waals surface area contributed by atoms with E-state index in [0.717, 1.165) is 24.3 Å². The quantitative estimate of drug-likeness (QED) is 0.660. The van der Waals surface area contributed by atoms with Gasteiger partial charge in [0.2, 0.25) is 0 Å². The van der Waals surface area contributed by atoms with Gasteiger partial charge in [-0.05, 0) is 35.9 Å². The average Bonchev–Trinajstić information content (AvgIpc) is 2.52. The predicted molar refractivity (Wildman–Crippen MR) is 77.3 cm³/mol. The van der Waals surface area contributed by atoms with E-state index >= 15 is 0 Å². The van der Waals surface area contributed by atoms with Crippen molar-refractivity contribution in [2.45, 2.75) is 12.5 Å². The van der Waals surface area contributed by atoms with Gasteiger partial charge in [0, 0.05) is 11.6 Å². The first-order valence-electron chi connectivity index (χ1n) is 6.57. The number of carboxylic acid groups (broad SMARTS) is 1. The zero-order chi connectivity index (χ0) is 18.3. The Morgan fingerprint density at radius 1 is 1.00 bits per heavy atom. The second kappa shape index (κ2) is 8.78. The largest absolute Gasteiger partial charge is 0.481 e. The molecule has 4 nitrogen and oxygen atoms in total. The maximum absolute atomic E-state index is 12.7. The minimum atomic E-state index is -1.08. The van der Waals surface area contributed by atoms with Crippen LogP contribution in [0.15, 0.2) is 36.4 Å². The molecule has 0 aliphatic rings. The summed E-state index contributed by atoms with van der Waals surface area (Å²) in [5.41, 5.74) is 5.85. The van der Waals surface area contributed by atoms with Gasteiger partial charge in [-0.2, -0.15) is 0 Å². The number of hydrogen-bond donors (Lipinski definition) is 2. The lowest BCUT2D eigenvalue weighted by molar-refractivity contribution is -0.137. The van der Waals surface area contributed by atoms with Gasteiger partial charge >= 0.3 is 5.97 Å². The zero-order valence-corrected chi connectivity index (χ0v) is 12.2. The highest BCUT2D eigenvalue weighted by atomic mass is 19.2. The molecule has 0 radical (unpaired) electrons. The van der Waals surface area contributed by atoms with Crippen molar-refractivity contribution in [1.29, 1.82) is 0 Å². The van der Waals surface area contributed by atoms with Gasteiger partial charge in [-0.15, -0.1) is 0 Å². The van der Waals surface area contributed by atoms with Gasteiger partial charge in [0.1, 0.15) is 6.29 Å². The number of rotatable bonds is 4. The second-order valence-electron chi connectivity index (χ2n) is 4.67. The van der Waals surface area contributed by atoms with E-state index in [1.165, 1.54) is 12.1 Å². The predicted octanol–water partition coefficient (Wildman–Crippen LogP) is 3.22. The lowest BCUT2D eigenvalue weighted by atomic mass is 10.0. The van der Waals surface area contributed by atoms with Crippen molar-refractivity contribution >= 4 is 12.3 Å². The molecule has 24 heavy (non-hydrogen) atoms. The molecule has 0 heterocycles. The van der Waals surface area contributed by atoms with Crippen LogP contribution < -0.4 is 5.73 Å². The maximum atomic E-state index is 12.7. The number of carbonyl (C=O) groups is 2. The molecular formula is C16H13F4NO3. The summed E-state index contributed by atoms with van der Waals surface area (Å²) < 4.78 is 49.6. The SMILES string of the molecule is NC(CC(=O)O)c1ccc(F)c(F)c1.O=Cc1ccc(F)c(F)c1. The third-order valence-corrected chi connectivity index (χ3v) is 2.85. The fourth-order valence-electron chi connectivity index (χ4n) is 1.63. The van der Waals surface area contributed by atoms with Crippen LogP contribution in [0.5, 0.6) is 0 Å². The number of carboxylic acids is 1. The fourth-order valence-corrected chi connectivity index (χ4v) is 1.63. The smallest absolute Gasteiger partial charge is 0.305 e. The van der Waals surface area contributed by atoms with Gasteiger partial charge in [0.15, 0.2) is 23.3 Å². The molecule has 3 N–H and O–H groups in total. The normalized spacial score (nSPS) is 11.2. The van der Waals surface area contributed by atoms with Crippen LogP contribution in [-0.4, -0.2) is 17.4 Å². The maximum Gasteiger partial charge on any atom is 0.305 e. The summed E-state index contributed by atoms with van der Waals surface area (Å²) in [6.07, 6.45) is 0.146. The van der Waals surface area contributed by atoms with Gasteiger partial charge in [-0.3, -0.25) is 9.59 Å². The van der Waals surface area contributed by atoms with Crippen LogP contribution in [0.4, 0.5) is 17.6 Å². The van der Waals surface area contributed by atoms with Gasteiger partial charge in [0.05, 0.1) is 6.42 Å².